The average Bonchev–Trinajstić information content (AvgIpc) is 2.74. The number of fused-ring (bicyclic) bond motifs is 1. The third kappa shape index (κ3) is 2.84. The molecule has 114 valence electrons. The minimum Gasteiger partial charge on any atom is -0.480 e. The normalized spacial score (nSPS) is 10.4. The van der Waals surface area contributed by atoms with Crippen LogP contribution in [0.15, 0.2) is 48.8 Å². The van der Waals surface area contributed by atoms with E-state index in [9.17, 15) is 4.79 Å². The summed E-state index contributed by atoms with van der Waals surface area (Å²) in [7, 11) is 0. The van der Waals surface area contributed by atoms with Crippen LogP contribution in [0, 0.1) is 6.92 Å². The van der Waals surface area contributed by atoms with Crippen LogP contribution in [-0.4, -0.2) is 26.1 Å². The van der Waals surface area contributed by atoms with Gasteiger partial charge in [0.15, 0.2) is 0 Å². The molecule has 5 nitrogen and oxygen atoms in total. The summed E-state index contributed by atoms with van der Waals surface area (Å²) in [6.07, 6.45) is 4.36. The Balaban J connectivity index is 0.00000176. The maximum Gasteiger partial charge on any atom is 0.323 e. The fourth-order valence-electron chi connectivity index (χ4n) is 2.77. The summed E-state index contributed by atoms with van der Waals surface area (Å²) >= 11 is 0. The Bertz CT molecular complexity index is 794. The number of hydrogen-bond donors (Lipinski definition) is 1. The molecule has 0 aliphatic carbocycles. The Morgan fingerprint density at radius 2 is 2.00 bits per heavy atom. The van der Waals surface area contributed by atoms with Gasteiger partial charge in [-0.15, -0.1) is 0 Å². The first-order valence-electron chi connectivity index (χ1n) is 6.84. The quantitative estimate of drug-likeness (QED) is 0.801. The first-order chi connectivity index (χ1) is 10.2. The summed E-state index contributed by atoms with van der Waals surface area (Å²) in [5, 5.41) is 10.2. The monoisotopic (exact) mass is 298 g/mol. The molecule has 1 aromatic carbocycles. The molecule has 3 rings (SSSR count). The third-order valence-corrected chi connectivity index (χ3v) is 3.76. The fourth-order valence-corrected chi connectivity index (χ4v) is 2.77. The smallest absolute Gasteiger partial charge is 0.323 e. The molecule has 22 heavy (non-hydrogen) atoms. The van der Waals surface area contributed by atoms with Gasteiger partial charge in [0.2, 0.25) is 0 Å². The van der Waals surface area contributed by atoms with E-state index in [1.165, 1.54) is 5.56 Å². The summed E-state index contributed by atoms with van der Waals surface area (Å²) in [4.78, 5) is 15.2. The van der Waals surface area contributed by atoms with E-state index >= 15 is 0 Å². The van der Waals surface area contributed by atoms with Crippen molar-refractivity contribution in [3.63, 3.8) is 0 Å². The highest BCUT2D eigenvalue weighted by molar-refractivity contribution is 5.87. The van der Waals surface area contributed by atoms with E-state index in [-0.39, 0.29) is 12.0 Å². The van der Waals surface area contributed by atoms with Crippen LogP contribution in [0.3, 0.4) is 0 Å². The fraction of sp³-hybridized carbons (Fsp3) is 0.176. The maximum absolute atomic E-state index is 11.1. The lowest BCUT2D eigenvalue weighted by Crippen LogP contribution is -2.10. The molecule has 0 atom stereocenters. The number of hydrogen-bond acceptors (Lipinski definition) is 2. The van der Waals surface area contributed by atoms with Crippen LogP contribution in [0.5, 0.6) is 0 Å². The van der Waals surface area contributed by atoms with Crippen LogP contribution in [-0.2, 0) is 17.8 Å². The lowest BCUT2D eigenvalue weighted by molar-refractivity contribution is -0.137. The Kier molecular flexibility index (Phi) is 4.58. The van der Waals surface area contributed by atoms with Crippen molar-refractivity contribution in [1.29, 1.82) is 0 Å². The second-order valence-corrected chi connectivity index (χ2v) is 5.10. The lowest BCUT2D eigenvalue weighted by Gasteiger charge is -2.05. The Morgan fingerprint density at radius 3 is 2.68 bits per heavy atom. The Morgan fingerprint density at radius 1 is 1.23 bits per heavy atom. The minimum atomic E-state index is -0.827. The number of benzene rings is 1. The summed E-state index contributed by atoms with van der Waals surface area (Å²) in [5.74, 6) is -0.827. The van der Waals surface area contributed by atoms with Crippen molar-refractivity contribution in [2.24, 2.45) is 0 Å². The zero-order chi connectivity index (χ0) is 14.8. The Labute approximate surface area is 128 Å². The average molecular weight is 298 g/mol. The molecule has 0 saturated heterocycles. The molecule has 0 aliphatic heterocycles. The van der Waals surface area contributed by atoms with Gasteiger partial charge in [0.1, 0.15) is 6.54 Å². The second kappa shape index (κ2) is 6.41. The molecule has 0 amide bonds. The first kappa shape index (κ1) is 15.7. The first-order valence-corrected chi connectivity index (χ1v) is 6.84. The van der Waals surface area contributed by atoms with Crippen LogP contribution in [0.1, 0.15) is 16.8 Å². The highest BCUT2D eigenvalue weighted by atomic mass is 16.4. The summed E-state index contributed by atoms with van der Waals surface area (Å²) < 4.78 is 1.86. The van der Waals surface area contributed by atoms with Crippen molar-refractivity contribution in [1.82, 2.24) is 9.55 Å². The van der Waals surface area contributed by atoms with Crippen molar-refractivity contribution in [3.8, 4) is 0 Å². The zero-order valence-corrected chi connectivity index (χ0v) is 12.3. The van der Waals surface area contributed by atoms with Crippen LogP contribution in [0.2, 0.25) is 0 Å². The number of carboxylic acids is 1. The number of pyridine rings is 1. The van der Waals surface area contributed by atoms with E-state index < -0.39 is 5.97 Å². The largest absolute Gasteiger partial charge is 0.480 e. The molecule has 2 aromatic heterocycles. The van der Waals surface area contributed by atoms with Crippen LogP contribution < -0.4 is 0 Å². The molecule has 2 heterocycles. The summed E-state index contributed by atoms with van der Waals surface area (Å²) in [6, 6.07) is 11.9. The molecule has 0 bridgehead atoms. The standard InChI is InChI=1S/C17H16N2O2.H2O/c1-12-15(9-13-5-4-8-18-10-13)14-6-2-3-7-16(14)19(12)11-17(20)21;/h2-8,10H,9,11H2,1H3,(H,20,21);1H2. The van der Waals surface area contributed by atoms with Gasteiger partial charge in [-0.05, 0) is 30.2 Å². The van der Waals surface area contributed by atoms with E-state index in [0.717, 1.165) is 28.6 Å². The Hall–Kier alpha value is -2.66. The van der Waals surface area contributed by atoms with Gasteiger partial charge in [-0.25, -0.2) is 0 Å². The van der Waals surface area contributed by atoms with Crippen molar-refractivity contribution in [2.45, 2.75) is 19.9 Å². The number of rotatable bonds is 4. The van der Waals surface area contributed by atoms with Gasteiger partial charge < -0.3 is 15.1 Å². The number of para-hydroxylation sites is 1. The lowest BCUT2D eigenvalue weighted by atomic mass is 10.0. The molecule has 0 aliphatic rings. The number of carboxylic acid groups (broad SMARTS) is 1. The minimum absolute atomic E-state index is 0. The van der Waals surface area contributed by atoms with Gasteiger partial charge in [-0.1, -0.05) is 24.3 Å². The van der Waals surface area contributed by atoms with Crippen LogP contribution >= 0.6 is 0 Å². The van der Waals surface area contributed by atoms with Gasteiger partial charge in [0.25, 0.3) is 0 Å². The molecular weight excluding hydrogens is 280 g/mol. The third-order valence-electron chi connectivity index (χ3n) is 3.76. The molecular formula is C17H18N2O3. The predicted octanol–water partition coefficient (Wildman–Crippen LogP) is 2.20. The number of nitrogens with zero attached hydrogens (tertiary/aromatic N) is 2. The molecule has 3 N–H and O–H groups in total. The second-order valence-electron chi connectivity index (χ2n) is 5.10. The number of aliphatic carboxylic acids is 1. The van der Waals surface area contributed by atoms with E-state index in [1.54, 1.807) is 6.20 Å². The van der Waals surface area contributed by atoms with Gasteiger partial charge in [0.05, 0.1) is 0 Å². The SMILES string of the molecule is Cc1c(Cc2cccnc2)c2ccccc2n1CC(=O)O.O. The van der Waals surface area contributed by atoms with Crippen molar-refractivity contribution >= 4 is 16.9 Å². The molecule has 0 unspecified atom stereocenters. The van der Waals surface area contributed by atoms with Crippen molar-refractivity contribution in [3.05, 3.63) is 65.6 Å². The topological polar surface area (TPSA) is 86.6 Å². The van der Waals surface area contributed by atoms with Crippen LogP contribution in [0.25, 0.3) is 10.9 Å². The van der Waals surface area contributed by atoms with Crippen molar-refractivity contribution < 1.29 is 15.4 Å². The highest BCUT2D eigenvalue weighted by Gasteiger charge is 2.15. The van der Waals surface area contributed by atoms with E-state index in [4.69, 9.17) is 5.11 Å². The van der Waals surface area contributed by atoms with Gasteiger partial charge in [0, 0.05) is 35.4 Å². The molecule has 0 spiro atoms. The summed E-state index contributed by atoms with van der Waals surface area (Å²) in [5.41, 5.74) is 4.26. The molecule has 0 saturated carbocycles. The molecule has 0 radical (unpaired) electrons. The van der Waals surface area contributed by atoms with E-state index in [2.05, 4.69) is 4.98 Å². The van der Waals surface area contributed by atoms with Crippen LogP contribution in [0.4, 0.5) is 0 Å². The molecule has 0 fully saturated rings. The maximum atomic E-state index is 11.1. The van der Waals surface area contributed by atoms with Crippen molar-refractivity contribution in [2.75, 3.05) is 0 Å². The number of aromatic nitrogens is 2. The number of carbonyl (C=O) groups is 1. The van der Waals surface area contributed by atoms with Gasteiger partial charge in [-0.2, -0.15) is 0 Å². The van der Waals surface area contributed by atoms with E-state index in [1.807, 2.05) is 54.1 Å². The molecule has 5 heteroatoms. The van der Waals surface area contributed by atoms with Gasteiger partial charge >= 0.3 is 5.97 Å². The van der Waals surface area contributed by atoms with E-state index in [0.29, 0.717) is 0 Å². The summed E-state index contributed by atoms with van der Waals surface area (Å²) in [6.45, 7) is 1.97. The highest BCUT2D eigenvalue weighted by Crippen LogP contribution is 2.27. The van der Waals surface area contributed by atoms with Gasteiger partial charge in [-0.3, -0.25) is 9.78 Å². The zero-order valence-electron chi connectivity index (χ0n) is 12.3. The predicted molar refractivity (Wildman–Crippen MR) is 85.0 cm³/mol. The molecule has 3 aromatic rings.